The van der Waals surface area contributed by atoms with Gasteiger partial charge < -0.3 is 10.6 Å². The molecule has 2 aliphatic rings. The normalized spacial score (nSPS) is 35.0. The second kappa shape index (κ2) is 5.83. The van der Waals surface area contributed by atoms with Gasteiger partial charge >= 0.3 is 0 Å². The van der Waals surface area contributed by atoms with Crippen LogP contribution in [0.3, 0.4) is 0 Å². The average molecular weight is 211 g/mol. The van der Waals surface area contributed by atoms with Crippen molar-refractivity contribution in [2.45, 2.75) is 32.2 Å². The van der Waals surface area contributed by atoms with E-state index in [-0.39, 0.29) is 0 Å². The van der Waals surface area contributed by atoms with Crippen LogP contribution in [0.15, 0.2) is 0 Å². The summed E-state index contributed by atoms with van der Waals surface area (Å²) in [4.78, 5) is 2.66. The Labute approximate surface area is 93.6 Å². The van der Waals surface area contributed by atoms with Crippen LogP contribution >= 0.6 is 0 Å². The number of rotatable bonds is 2. The molecular weight excluding hydrogens is 186 g/mol. The second-order valence-electron chi connectivity index (χ2n) is 5.11. The number of piperazine rings is 1. The van der Waals surface area contributed by atoms with Crippen LogP contribution in [0, 0.1) is 5.92 Å². The minimum atomic E-state index is 0.724. The number of nitrogens with zero attached hydrogens (tertiary/aromatic N) is 1. The van der Waals surface area contributed by atoms with Gasteiger partial charge in [-0.2, -0.15) is 0 Å². The lowest BCUT2D eigenvalue weighted by atomic mass is 10.0. The molecule has 2 saturated heterocycles. The molecule has 0 aromatic heterocycles. The third-order valence-electron chi connectivity index (χ3n) is 3.78. The summed E-state index contributed by atoms with van der Waals surface area (Å²) in [5, 5.41) is 7.02. The first-order valence-corrected chi connectivity index (χ1v) is 6.52. The summed E-state index contributed by atoms with van der Waals surface area (Å²) in [6.07, 6.45) is 4.20. The van der Waals surface area contributed by atoms with E-state index >= 15 is 0 Å². The summed E-state index contributed by atoms with van der Waals surface area (Å²) < 4.78 is 0. The highest BCUT2D eigenvalue weighted by molar-refractivity contribution is 4.79. The molecule has 2 aliphatic heterocycles. The maximum Gasteiger partial charge on any atom is 0.0193 e. The highest BCUT2D eigenvalue weighted by Crippen LogP contribution is 2.14. The fraction of sp³-hybridized carbons (Fsp3) is 1.00. The SMILES string of the molecule is CC1CNCCN1CC1CCCCNC1. The van der Waals surface area contributed by atoms with Crippen LogP contribution in [-0.2, 0) is 0 Å². The first-order valence-electron chi connectivity index (χ1n) is 6.52. The molecule has 0 amide bonds. The predicted molar refractivity (Wildman–Crippen MR) is 64.1 cm³/mol. The zero-order valence-corrected chi connectivity index (χ0v) is 9.97. The van der Waals surface area contributed by atoms with E-state index in [0.29, 0.717) is 0 Å². The van der Waals surface area contributed by atoms with Crippen molar-refractivity contribution in [1.29, 1.82) is 0 Å². The maximum absolute atomic E-state index is 3.56. The molecule has 2 fully saturated rings. The largest absolute Gasteiger partial charge is 0.316 e. The van der Waals surface area contributed by atoms with Gasteiger partial charge in [0.25, 0.3) is 0 Å². The van der Waals surface area contributed by atoms with Gasteiger partial charge in [0.1, 0.15) is 0 Å². The van der Waals surface area contributed by atoms with E-state index < -0.39 is 0 Å². The van der Waals surface area contributed by atoms with Crippen LogP contribution in [0.4, 0.5) is 0 Å². The fourth-order valence-corrected chi connectivity index (χ4v) is 2.73. The first kappa shape index (κ1) is 11.4. The van der Waals surface area contributed by atoms with Crippen molar-refractivity contribution < 1.29 is 0 Å². The van der Waals surface area contributed by atoms with E-state index in [1.165, 1.54) is 58.5 Å². The topological polar surface area (TPSA) is 27.3 Å². The van der Waals surface area contributed by atoms with E-state index in [1.54, 1.807) is 0 Å². The van der Waals surface area contributed by atoms with Crippen LogP contribution in [-0.4, -0.2) is 50.2 Å². The van der Waals surface area contributed by atoms with Crippen LogP contribution in [0.1, 0.15) is 26.2 Å². The Morgan fingerprint density at radius 2 is 2.00 bits per heavy atom. The smallest absolute Gasteiger partial charge is 0.0193 e. The summed E-state index contributed by atoms with van der Waals surface area (Å²) in [6.45, 7) is 9.68. The molecule has 2 unspecified atom stereocenters. The molecule has 0 bridgehead atoms. The lowest BCUT2D eigenvalue weighted by Crippen LogP contribution is -2.51. The first-order chi connectivity index (χ1) is 7.36. The Balaban J connectivity index is 1.78. The lowest BCUT2D eigenvalue weighted by molar-refractivity contribution is 0.145. The van der Waals surface area contributed by atoms with Crippen molar-refractivity contribution in [3.63, 3.8) is 0 Å². The molecule has 0 radical (unpaired) electrons. The van der Waals surface area contributed by atoms with Gasteiger partial charge in [-0.3, -0.25) is 4.90 Å². The van der Waals surface area contributed by atoms with Crippen molar-refractivity contribution in [3.05, 3.63) is 0 Å². The molecule has 2 N–H and O–H groups in total. The van der Waals surface area contributed by atoms with E-state index in [1.807, 2.05) is 0 Å². The molecule has 0 spiro atoms. The minimum absolute atomic E-state index is 0.724. The van der Waals surface area contributed by atoms with Crippen LogP contribution in [0.2, 0.25) is 0 Å². The number of nitrogens with one attached hydrogen (secondary N) is 2. The molecule has 3 heteroatoms. The Bertz CT molecular complexity index is 176. The van der Waals surface area contributed by atoms with Crippen LogP contribution in [0.5, 0.6) is 0 Å². The molecule has 3 nitrogen and oxygen atoms in total. The van der Waals surface area contributed by atoms with Gasteiger partial charge in [-0.05, 0) is 38.8 Å². The Morgan fingerprint density at radius 3 is 2.87 bits per heavy atom. The number of hydrogen-bond acceptors (Lipinski definition) is 3. The monoisotopic (exact) mass is 211 g/mol. The number of hydrogen-bond donors (Lipinski definition) is 2. The third kappa shape index (κ3) is 3.44. The van der Waals surface area contributed by atoms with E-state index in [2.05, 4.69) is 22.5 Å². The van der Waals surface area contributed by atoms with E-state index in [0.717, 1.165) is 12.0 Å². The zero-order valence-electron chi connectivity index (χ0n) is 9.97. The summed E-state index contributed by atoms with van der Waals surface area (Å²) >= 11 is 0. The van der Waals surface area contributed by atoms with Crippen LogP contribution in [0.25, 0.3) is 0 Å². The second-order valence-corrected chi connectivity index (χ2v) is 5.11. The Kier molecular flexibility index (Phi) is 4.42. The average Bonchev–Trinajstić information content (AvgIpc) is 2.50. The van der Waals surface area contributed by atoms with Crippen molar-refractivity contribution in [1.82, 2.24) is 15.5 Å². The van der Waals surface area contributed by atoms with Crippen molar-refractivity contribution in [2.75, 3.05) is 39.3 Å². The predicted octanol–water partition coefficient (Wildman–Crippen LogP) is 0.670. The Hall–Kier alpha value is -0.120. The van der Waals surface area contributed by atoms with Crippen molar-refractivity contribution in [2.24, 2.45) is 5.92 Å². The molecule has 2 heterocycles. The molecule has 88 valence electrons. The zero-order chi connectivity index (χ0) is 10.5. The minimum Gasteiger partial charge on any atom is -0.316 e. The van der Waals surface area contributed by atoms with E-state index in [9.17, 15) is 0 Å². The Morgan fingerprint density at radius 1 is 1.13 bits per heavy atom. The van der Waals surface area contributed by atoms with Gasteiger partial charge in [0, 0.05) is 32.2 Å². The standard InChI is InChI=1S/C12H25N3/c1-11-8-14-6-7-15(11)10-12-4-2-3-5-13-9-12/h11-14H,2-10H2,1H3. The lowest BCUT2D eigenvalue weighted by Gasteiger charge is -2.36. The molecule has 0 aromatic carbocycles. The molecule has 0 aliphatic carbocycles. The molecule has 2 rings (SSSR count). The van der Waals surface area contributed by atoms with Crippen molar-refractivity contribution in [3.8, 4) is 0 Å². The quantitative estimate of drug-likeness (QED) is 0.703. The summed E-state index contributed by atoms with van der Waals surface area (Å²) in [5.41, 5.74) is 0. The van der Waals surface area contributed by atoms with E-state index in [4.69, 9.17) is 0 Å². The fourth-order valence-electron chi connectivity index (χ4n) is 2.73. The molecule has 0 aromatic rings. The molecular formula is C12H25N3. The highest BCUT2D eigenvalue weighted by Gasteiger charge is 2.21. The summed E-state index contributed by atoms with van der Waals surface area (Å²) in [7, 11) is 0. The molecule has 15 heavy (non-hydrogen) atoms. The van der Waals surface area contributed by atoms with Gasteiger partial charge in [-0.25, -0.2) is 0 Å². The van der Waals surface area contributed by atoms with Gasteiger partial charge in [-0.15, -0.1) is 0 Å². The summed E-state index contributed by atoms with van der Waals surface area (Å²) in [6, 6.07) is 0.724. The maximum atomic E-state index is 3.56. The highest BCUT2D eigenvalue weighted by atomic mass is 15.2. The molecule has 0 saturated carbocycles. The van der Waals surface area contributed by atoms with Gasteiger partial charge in [0.15, 0.2) is 0 Å². The van der Waals surface area contributed by atoms with Gasteiger partial charge in [-0.1, -0.05) is 6.42 Å². The van der Waals surface area contributed by atoms with Gasteiger partial charge in [0.05, 0.1) is 0 Å². The van der Waals surface area contributed by atoms with Crippen molar-refractivity contribution >= 4 is 0 Å². The third-order valence-corrected chi connectivity index (χ3v) is 3.78. The summed E-state index contributed by atoms with van der Waals surface area (Å²) in [5.74, 6) is 0.882. The van der Waals surface area contributed by atoms with Crippen LogP contribution < -0.4 is 10.6 Å². The van der Waals surface area contributed by atoms with Gasteiger partial charge in [0.2, 0.25) is 0 Å². The molecule has 2 atom stereocenters.